The highest BCUT2D eigenvalue weighted by molar-refractivity contribution is 8.02. The average molecular weight is 461 g/mol. The van der Waals surface area contributed by atoms with Crippen molar-refractivity contribution in [1.29, 1.82) is 0 Å². The molecule has 2 aromatic heterocycles. The van der Waals surface area contributed by atoms with Gasteiger partial charge in [0, 0.05) is 4.88 Å². The lowest BCUT2D eigenvalue weighted by Gasteiger charge is -2.18. The zero-order valence-electron chi connectivity index (χ0n) is 17.2. The second-order valence-corrected chi connectivity index (χ2v) is 11.2. The van der Waals surface area contributed by atoms with Crippen molar-refractivity contribution in [2.24, 2.45) is 5.92 Å². The number of anilines is 1. The number of esters is 1. The first-order valence-corrected chi connectivity index (χ1v) is 12.6. The maximum absolute atomic E-state index is 12.9. The highest BCUT2D eigenvalue weighted by Gasteiger charge is 2.30. The summed E-state index contributed by atoms with van der Waals surface area (Å²) in [5, 5.41) is 3.30. The topological polar surface area (TPSA) is 68.3 Å². The van der Waals surface area contributed by atoms with Crippen molar-refractivity contribution in [2.75, 3.05) is 11.9 Å². The molecular formula is C22H24N2O3S3. The molecule has 1 aliphatic rings. The number of aromatic nitrogens is 1. The molecule has 1 N–H and O–H groups in total. The Morgan fingerprint density at radius 3 is 2.90 bits per heavy atom. The van der Waals surface area contributed by atoms with Gasteiger partial charge in [-0.25, -0.2) is 9.78 Å². The highest BCUT2D eigenvalue weighted by atomic mass is 32.2. The third-order valence-corrected chi connectivity index (χ3v) is 8.55. The smallest absolute Gasteiger partial charge is 0.341 e. The molecule has 5 nitrogen and oxygen atoms in total. The SMILES string of the molecule is CCOC(=O)c1c(NC(=O)[C@@H](C)Sc2nc3ccccc3s2)sc2c1CC[C@H](C)C2. The van der Waals surface area contributed by atoms with Gasteiger partial charge < -0.3 is 10.1 Å². The van der Waals surface area contributed by atoms with Gasteiger partial charge in [-0.3, -0.25) is 4.79 Å². The third-order valence-electron chi connectivity index (χ3n) is 5.15. The van der Waals surface area contributed by atoms with Crippen molar-refractivity contribution in [3.8, 4) is 0 Å². The second-order valence-electron chi connectivity index (χ2n) is 7.47. The lowest BCUT2D eigenvalue weighted by molar-refractivity contribution is -0.115. The summed E-state index contributed by atoms with van der Waals surface area (Å²) < 4.78 is 7.27. The molecule has 0 aliphatic heterocycles. The summed E-state index contributed by atoms with van der Waals surface area (Å²) >= 11 is 4.55. The standard InChI is InChI=1S/C22H24N2O3S3/c1-4-27-21(26)18-14-10-9-12(2)11-17(14)29-20(18)24-19(25)13(3)28-22-23-15-7-5-6-8-16(15)30-22/h5-8,12-13H,4,9-11H2,1-3H3,(H,24,25)/t12-,13+/m0/s1. The number of carbonyl (C=O) groups excluding carboxylic acids is 2. The van der Waals surface area contributed by atoms with Crippen molar-refractivity contribution < 1.29 is 14.3 Å². The number of thiophene rings is 1. The van der Waals surface area contributed by atoms with Crippen LogP contribution in [0.1, 0.15) is 48.0 Å². The van der Waals surface area contributed by atoms with Crippen molar-refractivity contribution >= 4 is 61.5 Å². The van der Waals surface area contributed by atoms with Gasteiger partial charge in [-0.1, -0.05) is 30.8 Å². The normalized spacial score (nSPS) is 16.8. The predicted molar refractivity (Wildman–Crippen MR) is 125 cm³/mol. The highest BCUT2D eigenvalue weighted by Crippen LogP contribution is 2.40. The van der Waals surface area contributed by atoms with Crippen LogP contribution in [-0.2, 0) is 22.4 Å². The van der Waals surface area contributed by atoms with E-state index in [0.29, 0.717) is 23.1 Å². The summed E-state index contributed by atoms with van der Waals surface area (Å²) in [6, 6.07) is 7.96. The Labute approximate surface area is 188 Å². The quantitative estimate of drug-likeness (QED) is 0.373. The van der Waals surface area contributed by atoms with Gasteiger partial charge in [0.2, 0.25) is 5.91 Å². The zero-order valence-corrected chi connectivity index (χ0v) is 19.6. The first kappa shape index (κ1) is 21.3. The molecule has 0 fully saturated rings. The number of carbonyl (C=O) groups is 2. The molecule has 3 aromatic rings. The van der Waals surface area contributed by atoms with Gasteiger partial charge in [-0.2, -0.15) is 0 Å². The Hall–Kier alpha value is -1.90. The van der Waals surface area contributed by atoms with Gasteiger partial charge in [-0.15, -0.1) is 22.7 Å². The lowest BCUT2D eigenvalue weighted by atomic mass is 9.88. The van der Waals surface area contributed by atoms with Crippen molar-refractivity contribution in [3.63, 3.8) is 0 Å². The van der Waals surface area contributed by atoms with E-state index in [-0.39, 0.29) is 17.1 Å². The number of ether oxygens (including phenoxy) is 1. The molecule has 0 spiro atoms. The van der Waals surface area contributed by atoms with E-state index < -0.39 is 0 Å². The number of para-hydroxylation sites is 1. The second kappa shape index (κ2) is 9.08. The first-order valence-electron chi connectivity index (χ1n) is 10.1. The fraction of sp³-hybridized carbons (Fsp3) is 0.409. The number of hydrogen-bond acceptors (Lipinski definition) is 7. The molecule has 0 saturated carbocycles. The van der Waals surface area contributed by atoms with E-state index in [1.54, 1.807) is 18.3 Å². The molecule has 1 aliphatic carbocycles. The van der Waals surface area contributed by atoms with Crippen LogP contribution in [0.25, 0.3) is 10.2 Å². The number of amides is 1. The number of nitrogens with zero attached hydrogens (tertiary/aromatic N) is 1. The maximum Gasteiger partial charge on any atom is 0.341 e. The summed E-state index contributed by atoms with van der Waals surface area (Å²) in [4.78, 5) is 31.4. The summed E-state index contributed by atoms with van der Waals surface area (Å²) in [5.41, 5.74) is 2.55. The molecule has 0 unspecified atom stereocenters. The van der Waals surface area contributed by atoms with E-state index >= 15 is 0 Å². The van der Waals surface area contributed by atoms with Gasteiger partial charge >= 0.3 is 5.97 Å². The number of fused-ring (bicyclic) bond motifs is 2. The van der Waals surface area contributed by atoms with Crippen molar-refractivity contribution in [1.82, 2.24) is 4.98 Å². The van der Waals surface area contributed by atoms with Crippen molar-refractivity contribution in [2.45, 2.75) is 49.6 Å². The summed E-state index contributed by atoms with van der Waals surface area (Å²) in [7, 11) is 0. The fourth-order valence-electron chi connectivity index (χ4n) is 3.58. The molecule has 0 saturated heterocycles. The molecule has 0 radical (unpaired) electrons. The van der Waals surface area contributed by atoms with Crippen LogP contribution in [-0.4, -0.2) is 28.7 Å². The Balaban J connectivity index is 1.53. The van der Waals surface area contributed by atoms with E-state index in [0.717, 1.165) is 39.4 Å². The first-order chi connectivity index (χ1) is 14.5. The average Bonchev–Trinajstić information content (AvgIpc) is 3.27. The monoisotopic (exact) mass is 460 g/mol. The minimum Gasteiger partial charge on any atom is -0.462 e. The van der Waals surface area contributed by atoms with Crippen LogP contribution in [0, 0.1) is 5.92 Å². The van der Waals surface area contributed by atoms with Gasteiger partial charge in [0.15, 0.2) is 4.34 Å². The summed E-state index contributed by atoms with van der Waals surface area (Å²) in [6.07, 6.45) is 2.85. The van der Waals surface area contributed by atoms with Gasteiger partial charge in [-0.05, 0) is 56.7 Å². The van der Waals surface area contributed by atoms with Crippen LogP contribution < -0.4 is 5.32 Å². The zero-order chi connectivity index (χ0) is 21.3. The predicted octanol–water partition coefficient (Wildman–Crippen LogP) is 5.78. The van der Waals surface area contributed by atoms with E-state index in [9.17, 15) is 9.59 Å². The lowest BCUT2D eigenvalue weighted by Crippen LogP contribution is -2.23. The van der Waals surface area contributed by atoms with Crippen LogP contribution in [0.5, 0.6) is 0 Å². The van der Waals surface area contributed by atoms with E-state index in [2.05, 4.69) is 17.2 Å². The largest absolute Gasteiger partial charge is 0.462 e. The molecule has 158 valence electrons. The van der Waals surface area contributed by atoms with E-state index in [1.165, 1.54) is 28.0 Å². The Morgan fingerprint density at radius 1 is 1.33 bits per heavy atom. The Morgan fingerprint density at radius 2 is 2.13 bits per heavy atom. The summed E-state index contributed by atoms with van der Waals surface area (Å²) in [5.74, 6) is 0.117. The van der Waals surface area contributed by atoms with E-state index in [4.69, 9.17) is 4.74 Å². The molecule has 8 heteroatoms. The fourth-order valence-corrected chi connectivity index (χ4v) is 7.19. The van der Waals surface area contributed by atoms with Crippen LogP contribution in [0.2, 0.25) is 0 Å². The Kier molecular flexibility index (Phi) is 6.46. The third kappa shape index (κ3) is 4.40. The van der Waals surface area contributed by atoms with Gasteiger partial charge in [0.25, 0.3) is 0 Å². The van der Waals surface area contributed by atoms with E-state index in [1.807, 2.05) is 31.2 Å². The molecule has 30 heavy (non-hydrogen) atoms. The summed E-state index contributed by atoms with van der Waals surface area (Å²) in [6.45, 7) is 6.21. The number of thioether (sulfide) groups is 1. The Bertz CT molecular complexity index is 1060. The number of thiazole rings is 1. The maximum atomic E-state index is 12.9. The molecule has 0 bridgehead atoms. The molecule has 1 aromatic carbocycles. The minimum atomic E-state index is -0.341. The number of nitrogens with one attached hydrogen (secondary N) is 1. The van der Waals surface area contributed by atoms with Crippen molar-refractivity contribution in [3.05, 3.63) is 40.3 Å². The van der Waals surface area contributed by atoms with Crippen LogP contribution in [0.3, 0.4) is 0 Å². The molecule has 4 rings (SSSR count). The molecule has 1 amide bonds. The molecule has 2 heterocycles. The van der Waals surface area contributed by atoms with Crippen LogP contribution >= 0.6 is 34.4 Å². The van der Waals surface area contributed by atoms with Crippen LogP contribution in [0.15, 0.2) is 28.6 Å². The number of hydrogen-bond donors (Lipinski definition) is 1. The van der Waals surface area contributed by atoms with Gasteiger partial charge in [0.05, 0.1) is 27.6 Å². The minimum absolute atomic E-state index is 0.128. The number of rotatable bonds is 6. The van der Waals surface area contributed by atoms with Gasteiger partial charge in [0.1, 0.15) is 5.00 Å². The molecular weight excluding hydrogens is 436 g/mol. The van der Waals surface area contributed by atoms with Crippen LogP contribution in [0.4, 0.5) is 5.00 Å². The molecule has 2 atom stereocenters. The number of benzene rings is 1.